The summed E-state index contributed by atoms with van der Waals surface area (Å²) in [5, 5.41) is 9.36. The molecule has 1 heterocycles. The second kappa shape index (κ2) is 6.93. The van der Waals surface area contributed by atoms with Gasteiger partial charge in [0, 0.05) is 13.1 Å². The number of amides is 1. The van der Waals surface area contributed by atoms with Crippen LogP contribution in [0.25, 0.3) is 0 Å². The first-order valence-corrected chi connectivity index (χ1v) is 10.9. The highest BCUT2D eigenvalue weighted by Crippen LogP contribution is 2.44. The Bertz CT molecular complexity index is 870. The van der Waals surface area contributed by atoms with E-state index in [0.29, 0.717) is 37.8 Å². The quantitative estimate of drug-likeness (QED) is 0.849. The molecule has 0 bridgehead atoms. The standard InChI is InChI=1S/C20H27NO5S/c1-13-6-7-14(2)17(10-13)27(25,26)20(8-4-5-9-20)19(24)21-11-15(3)16(12-21)18(22)23/h6-7,10,15-16H,4-5,8-9,11-12H2,1-3H3,(H,22,23)/t15-,16-/m1/s1. The molecule has 0 unspecified atom stereocenters. The largest absolute Gasteiger partial charge is 0.481 e. The third-order valence-corrected chi connectivity index (χ3v) is 8.80. The normalized spacial score (nSPS) is 24.9. The summed E-state index contributed by atoms with van der Waals surface area (Å²) in [5.41, 5.74) is 1.47. The van der Waals surface area contributed by atoms with Crippen molar-refractivity contribution in [1.82, 2.24) is 4.90 Å². The molecule has 0 radical (unpaired) electrons. The molecular formula is C20H27NO5S. The number of rotatable bonds is 4. The maximum atomic E-state index is 13.7. The number of carbonyl (C=O) groups is 2. The van der Waals surface area contributed by atoms with Gasteiger partial charge in [-0.3, -0.25) is 9.59 Å². The first-order valence-electron chi connectivity index (χ1n) is 9.44. The zero-order valence-corrected chi connectivity index (χ0v) is 16.9. The molecule has 7 heteroatoms. The molecule has 1 amide bonds. The van der Waals surface area contributed by atoms with Crippen molar-refractivity contribution < 1.29 is 23.1 Å². The van der Waals surface area contributed by atoms with Gasteiger partial charge in [0.15, 0.2) is 14.6 Å². The lowest BCUT2D eigenvalue weighted by Crippen LogP contribution is -2.52. The smallest absolute Gasteiger partial charge is 0.308 e. The number of carboxylic acids is 1. The monoisotopic (exact) mass is 393 g/mol. The molecule has 1 aromatic carbocycles. The molecule has 2 aliphatic rings. The Balaban J connectivity index is 2.03. The van der Waals surface area contributed by atoms with Gasteiger partial charge >= 0.3 is 5.97 Å². The summed E-state index contributed by atoms with van der Waals surface area (Å²) in [4.78, 5) is 26.6. The Morgan fingerprint density at radius 1 is 1.15 bits per heavy atom. The van der Waals surface area contributed by atoms with Gasteiger partial charge in [-0.25, -0.2) is 8.42 Å². The first kappa shape index (κ1) is 19.9. The van der Waals surface area contributed by atoms with E-state index in [-0.39, 0.29) is 17.4 Å². The van der Waals surface area contributed by atoms with Crippen molar-refractivity contribution >= 4 is 21.7 Å². The number of sulfone groups is 1. The van der Waals surface area contributed by atoms with Crippen LogP contribution in [0.1, 0.15) is 43.7 Å². The van der Waals surface area contributed by atoms with Gasteiger partial charge in [0.1, 0.15) is 0 Å². The zero-order valence-electron chi connectivity index (χ0n) is 16.1. The van der Waals surface area contributed by atoms with Crippen LogP contribution >= 0.6 is 0 Å². The Morgan fingerprint density at radius 3 is 2.33 bits per heavy atom. The van der Waals surface area contributed by atoms with Crippen molar-refractivity contribution in [1.29, 1.82) is 0 Å². The fraction of sp³-hybridized carbons (Fsp3) is 0.600. The van der Waals surface area contributed by atoms with Crippen molar-refractivity contribution in [3.8, 4) is 0 Å². The number of nitrogens with zero attached hydrogens (tertiary/aromatic N) is 1. The van der Waals surface area contributed by atoms with Crippen LogP contribution in [0.4, 0.5) is 0 Å². The van der Waals surface area contributed by atoms with E-state index in [1.807, 2.05) is 13.0 Å². The van der Waals surface area contributed by atoms with E-state index in [4.69, 9.17) is 0 Å². The van der Waals surface area contributed by atoms with Crippen molar-refractivity contribution in [2.45, 2.75) is 56.1 Å². The number of aryl methyl sites for hydroxylation is 2. The number of carboxylic acid groups (broad SMARTS) is 1. The number of aliphatic carboxylic acids is 1. The van der Waals surface area contributed by atoms with Crippen molar-refractivity contribution in [2.75, 3.05) is 13.1 Å². The van der Waals surface area contributed by atoms with E-state index in [9.17, 15) is 23.1 Å². The molecule has 0 spiro atoms. The Hall–Kier alpha value is -1.89. The van der Waals surface area contributed by atoms with Gasteiger partial charge in [-0.15, -0.1) is 0 Å². The molecular weight excluding hydrogens is 366 g/mol. The van der Waals surface area contributed by atoms with Crippen LogP contribution < -0.4 is 0 Å². The summed E-state index contributed by atoms with van der Waals surface area (Å²) in [5.74, 6) is -2.18. The molecule has 1 aliphatic heterocycles. The van der Waals surface area contributed by atoms with Gasteiger partial charge in [0.2, 0.25) is 5.91 Å². The highest BCUT2D eigenvalue weighted by atomic mass is 32.2. The summed E-state index contributed by atoms with van der Waals surface area (Å²) in [6, 6.07) is 5.27. The fourth-order valence-electron chi connectivity index (χ4n) is 4.49. The Morgan fingerprint density at radius 2 is 1.78 bits per heavy atom. The van der Waals surface area contributed by atoms with Crippen LogP contribution in [0.15, 0.2) is 23.1 Å². The van der Waals surface area contributed by atoms with Crippen LogP contribution in [0.3, 0.4) is 0 Å². The lowest BCUT2D eigenvalue weighted by atomic mass is 9.99. The predicted molar refractivity (Wildman–Crippen MR) is 101 cm³/mol. The Kier molecular flexibility index (Phi) is 5.10. The zero-order chi connectivity index (χ0) is 20.0. The molecule has 6 nitrogen and oxygen atoms in total. The van der Waals surface area contributed by atoms with Crippen LogP contribution in [0, 0.1) is 25.7 Å². The van der Waals surface area contributed by atoms with E-state index in [1.54, 1.807) is 26.0 Å². The molecule has 2 fully saturated rings. The third kappa shape index (κ3) is 3.16. The average Bonchev–Trinajstić information content (AvgIpc) is 3.24. The molecule has 0 aromatic heterocycles. The van der Waals surface area contributed by atoms with Gasteiger partial charge in [0.05, 0.1) is 10.8 Å². The number of likely N-dealkylation sites (tertiary alicyclic amines) is 1. The predicted octanol–water partition coefficient (Wildman–Crippen LogP) is 2.57. The molecule has 1 N–H and O–H groups in total. The molecule has 3 rings (SSSR count). The average molecular weight is 394 g/mol. The van der Waals surface area contributed by atoms with Crippen LogP contribution in [0.5, 0.6) is 0 Å². The minimum absolute atomic E-state index is 0.0827. The van der Waals surface area contributed by atoms with Crippen LogP contribution in [-0.2, 0) is 19.4 Å². The van der Waals surface area contributed by atoms with Gasteiger partial charge in [-0.1, -0.05) is 31.9 Å². The summed E-state index contributed by atoms with van der Waals surface area (Å²) < 4.78 is 25.8. The number of carbonyl (C=O) groups excluding carboxylic acids is 1. The van der Waals surface area contributed by atoms with Gasteiger partial charge < -0.3 is 10.0 Å². The lowest BCUT2D eigenvalue weighted by Gasteiger charge is -2.32. The molecule has 1 saturated heterocycles. The highest BCUT2D eigenvalue weighted by Gasteiger charge is 2.56. The van der Waals surface area contributed by atoms with Gasteiger partial charge in [-0.2, -0.15) is 0 Å². The SMILES string of the molecule is Cc1ccc(C)c(S(=O)(=O)C2(C(=O)N3C[C@@H](C)[C@H](C(=O)O)C3)CCCC2)c1. The molecule has 1 aliphatic carbocycles. The molecule has 1 aromatic rings. The van der Waals surface area contributed by atoms with E-state index >= 15 is 0 Å². The fourth-order valence-corrected chi connectivity index (χ4v) is 6.93. The summed E-state index contributed by atoms with van der Waals surface area (Å²) in [6.45, 7) is 5.75. The molecule has 148 valence electrons. The molecule has 2 atom stereocenters. The maximum absolute atomic E-state index is 13.7. The Labute approximate surface area is 160 Å². The van der Waals surface area contributed by atoms with Gasteiger partial charge in [0.25, 0.3) is 0 Å². The van der Waals surface area contributed by atoms with E-state index in [2.05, 4.69) is 0 Å². The van der Waals surface area contributed by atoms with Crippen molar-refractivity contribution in [3.05, 3.63) is 29.3 Å². The summed E-state index contributed by atoms with van der Waals surface area (Å²) in [7, 11) is -3.88. The summed E-state index contributed by atoms with van der Waals surface area (Å²) >= 11 is 0. The van der Waals surface area contributed by atoms with E-state index in [0.717, 1.165) is 5.56 Å². The summed E-state index contributed by atoms with van der Waals surface area (Å²) in [6.07, 6.45) is 1.96. The third-order valence-electron chi connectivity index (χ3n) is 6.17. The van der Waals surface area contributed by atoms with E-state index < -0.39 is 32.4 Å². The van der Waals surface area contributed by atoms with Crippen molar-refractivity contribution in [3.63, 3.8) is 0 Å². The van der Waals surface area contributed by atoms with E-state index in [1.165, 1.54) is 4.90 Å². The van der Waals surface area contributed by atoms with Crippen molar-refractivity contribution in [2.24, 2.45) is 11.8 Å². The maximum Gasteiger partial charge on any atom is 0.308 e. The lowest BCUT2D eigenvalue weighted by molar-refractivity contribution is -0.142. The highest BCUT2D eigenvalue weighted by molar-refractivity contribution is 7.93. The van der Waals surface area contributed by atoms with Gasteiger partial charge in [-0.05, 0) is 49.8 Å². The minimum Gasteiger partial charge on any atom is -0.481 e. The number of benzene rings is 1. The number of hydrogen-bond acceptors (Lipinski definition) is 4. The molecule has 1 saturated carbocycles. The van der Waals surface area contributed by atoms with Crippen LogP contribution in [-0.4, -0.2) is 48.1 Å². The van der Waals surface area contributed by atoms with Crippen LogP contribution in [0.2, 0.25) is 0 Å². The topological polar surface area (TPSA) is 91.8 Å². The second-order valence-electron chi connectivity index (χ2n) is 8.11. The minimum atomic E-state index is -3.88. The molecule has 27 heavy (non-hydrogen) atoms. The number of hydrogen-bond donors (Lipinski definition) is 1. The second-order valence-corrected chi connectivity index (χ2v) is 10.3. The first-order chi connectivity index (χ1) is 12.6.